The molecular formula is C7H15BrINO2. The second-order valence-electron chi connectivity index (χ2n) is 3.37. The van der Waals surface area contributed by atoms with Gasteiger partial charge in [0.15, 0.2) is 0 Å². The van der Waals surface area contributed by atoms with Gasteiger partial charge in [-0.1, -0.05) is 22.6 Å². The molecule has 0 aromatic rings. The van der Waals surface area contributed by atoms with Crippen LogP contribution in [0, 0.1) is 0 Å². The molecule has 5 heteroatoms. The number of ether oxygens (including phenoxy) is 1. The summed E-state index contributed by atoms with van der Waals surface area (Å²) < 4.78 is 6.17. The van der Waals surface area contributed by atoms with E-state index in [0.29, 0.717) is 11.0 Å². The molecular weight excluding hydrogens is 337 g/mol. The van der Waals surface area contributed by atoms with E-state index in [4.69, 9.17) is 4.74 Å². The molecule has 0 aromatic heterocycles. The van der Waals surface area contributed by atoms with E-state index in [1.807, 2.05) is 22.6 Å². The average Bonchev–Trinajstić information content (AvgIpc) is 1.85. The molecule has 0 aliphatic heterocycles. The standard InChI is InChI=1S/C7H15INO2.BrH/c1-9(2,3)4-5-11-7(10)6-8;/h4-6H2,1-3H3;1H/q+1;/p-1. The number of alkyl halides is 1. The molecule has 0 N–H and O–H groups in total. The van der Waals surface area contributed by atoms with Crippen LogP contribution >= 0.6 is 22.6 Å². The van der Waals surface area contributed by atoms with Crippen LogP contribution in [0.15, 0.2) is 0 Å². The van der Waals surface area contributed by atoms with Crippen molar-refractivity contribution < 1.29 is 31.0 Å². The minimum absolute atomic E-state index is 0. The van der Waals surface area contributed by atoms with Gasteiger partial charge in [-0.2, -0.15) is 0 Å². The Bertz CT molecular complexity index is 136. The Morgan fingerprint density at radius 1 is 1.42 bits per heavy atom. The molecule has 0 unspecified atom stereocenters. The first-order valence-corrected chi connectivity index (χ1v) is 5.00. The number of quaternary nitrogens is 1. The second-order valence-corrected chi connectivity index (χ2v) is 4.13. The number of hydrogen-bond donors (Lipinski definition) is 0. The minimum Gasteiger partial charge on any atom is -1.00 e. The molecule has 0 rings (SSSR count). The van der Waals surface area contributed by atoms with Crippen molar-refractivity contribution in [3.63, 3.8) is 0 Å². The molecule has 12 heavy (non-hydrogen) atoms. The summed E-state index contributed by atoms with van der Waals surface area (Å²) in [6, 6.07) is 0. The maximum Gasteiger partial charge on any atom is 0.315 e. The normalized spacial score (nSPS) is 10.3. The predicted molar refractivity (Wildman–Crippen MR) is 52.7 cm³/mol. The monoisotopic (exact) mass is 351 g/mol. The Labute approximate surface area is 97.9 Å². The molecule has 0 amide bonds. The van der Waals surface area contributed by atoms with Crippen molar-refractivity contribution in [3.8, 4) is 0 Å². The van der Waals surface area contributed by atoms with Gasteiger partial charge in [0.25, 0.3) is 0 Å². The zero-order valence-corrected chi connectivity index (χ0v) is 11.4. The van der Waals surface area contributed by atoms with Crippen molar-refractivity contribution in [1.82, 2.24) is 0 Å². The molecule has 0 spiro atoms. The Morgan fingerprint density at radius 2 is 1.92 bits per heavy atom. The molecule has 0 bridgehead atoms. The lowest BCUT2D eigenvalue weighted by Crippen LogP contribution is -3.00. The smallest absolute Gasteiger partial charge is 0.315 e. The third-order valence-electron chi connectivity index (χ3n) is 1.13. The number of carbonyl (C=O) groups excluding carboxylic acids is 1. The summed E-state index contributed by atoms with van der Waals surface area (Å²) in [5.74, 6) is -0.126. The maximum absolute atomic E-state index is 10.7. The Hall–Kier alpha value is 0.640. The highest BCUT2D eigenvalue weighted by Crippen LogP contribution is 1.91. The zero-order valence-electron chi connectivity index (χ0n) is 7.64. The predicted octanol–water partition coefficient (Wildman–Crippen LogP) is -2.33. The fourth-order valence-corrected chi connectivity index (χ4v) is 0.692. The quantitative estimate of drug-likeness (QED) is 0.246. The summed E-state index contributed by atoms with van der Waals surface area (Å²) in [7, 11) is 6.20. The lowest BCUT2D eigenvalue weighted by molar-refractivity contribution is -0.870. The molecule has 0 heterocycles. The highest BCUT2D eigenvalue weighted by atomic mass is 127. The number of rotatable bonds is 4. The van der Waals surface area contributed by atoms with Gasteiger partial charge in [0.2, 0.25) is 0 Å². The molecule has 0 aliphatic carbocycles. The van der Waals surface area contributed by atoms with Gasteiger partial charge < -0.3 is 26.2 Å². The first-order chi connectivity index (χ1) is 4.95. The highest BCUT2D eigenvalue weighted by Gasteiger charge is 2.07. The van der Waals surface area contributed by atoms with Crippen LogP contribution in [-0.4, -0.2) is 49.2 Å². The van der Waals surface area contributed by atoms with Gasteiger partial charge in [0, 0.05) is 0 Å². The van der Waals surface area contributed by atoms with Crippen molar-refractivity contribution >= 4 is 28.6 Å². The third kappa shape index (κ3) is 10.6. The van der Waals surface area contributed by atoms with Crippen molar-refractivity contribution in [2.75, 3.05) is 38.7 Å². The topological polar surface area (TPSA) is 26.3 Å². The molecule has 0 radical (unpaired) electrons. The van der Waals surface area contributed by atoms with Crippen LogP contribution in [0.25, 0.3) is 0 Å². The molecule has 0 saturated heterocycles. The van der Waals surface area contributed by atoms with E-state index in [2.05, 4.69) is 21.1 Å². The van der Waals surface area contributed by atoms with Crippen LogP contribution in [-0.2, 0) is 9.53 Å². The van der Waals surface area contributed by atoms with E-state index in [1.54, 1.807) is 0 Å². The van der Waals surface area contributed by atoms with Gasteiger partial charge in [-0.3, -0.25) is 4.79 Å². The van der Waals surface area contributed by atoms with Gasteiger partial charge in [0.05, 0.1) is 25.6 Å². The maximum atomic E-state index is 10.7. The molecule has 3 nitrogen and oxygen atoms in total. The van der Waals surface area contributed by atoms with Crippen LogP contribution < -0.4 is 17.0 Å². The number of esters is 1. The molecule has 0 atom stereocenters. The Morgan fingerprint density at radius 3 is 2.25 bits per heavy atom. The summed E-state index contributed by atoms with van der Waals surface area (Å²) in [4.78, 5) is 10.7. The van der Waals surface area contributed by atoms with Crippen LogP contribution in [0.3, 0.4) is 0 Å². The molecule has 0 aromatic carbocycles. The molecule has 0 aliphatic rings. The first kappa shape index (κ1) is 15.1. The number of hydrogen-bond acceptors (Lipinski definition) is 2. The van der Waals surface area contributed by atoms with Crippen LogP contribution in [0.2, 0.25) is 0 Å². The summed E-state index contributed by atoms with van der Waals surface area (Å²) in [5, 5.41) is 0. The lowest BCUT2D eigenvalue weighted by atomic mass is 10.5. The highest BCUT2D eigenvalue weighted by molar-refractivity contribution is 14.1. The summed E-state index contributed by atoms with van der Waals surface area (Å²) in [5.41, 5.74) is 0. The van der Waals surface area contributed by atoms with Crippen molar-refractivity contribution in [2.24, 2.45) is 0 Å². The van der Waals surface area contributed by atoms with E-state index in [9.17, 15) is 4.79 Å². The second kappa shape index (κ2) is 7.08. The number of carbonyl (C=O) groups is 1. The number of nitrogens with zero attached hydrogens (tertiary/aromatic N) is 1. The summed E-state index contributed by atoms with van der Waals surface area (Å²) in [6.45, 7) is 1.38. The van der Waals surface area contributed by atoms with Gasteiger partial charge in [0.1, 0.15) is 13.2 Å². The van der Waals surface area contributed by atoms with Crippen molar-refractivity contribution in [2.45, 2.75) is 0 Å². The Kier molecular flexibility index (Phi) is 8.93. The minimum atomic E-state index is -0.126. The largest absolute Gasteiger partial charge is 1.00 e. The van der Waals surface area contributed by atoms with E-state index < -0.39 is 0 Å². The molecule has 0 fully saturated rings. The SMILES string of the molecule is C[N+](C)(C)CCOC(=O)CI.[Br-]. The number of halogens is 2. The van der Waals surface area contributed by atoms with E-state index >= 15 is 0 Å². The third-order valence-corrected chi connectivity index (χ3v) is 1.76. The van der Waals surface area contributed by atoms with Crippen molar-refractivity contribution in [3.05, 3.63) is 0 Å². The average molecular weight is 352 g/mol. The summed E-state index contributed by atoms with van der Waals surface area (Å²) in [6.07, 6.45) is 0. The van der Waals surface area contributed by atoms with Gasteiger partial charge in [-0.15, -0.1) is 0 Å². The Balaban J connectivity index is 0. The van der Waals surface area contributed by atoms with Crippen molar-refractivity contribution in [1.29, 1.82) is 0 Å². The van der Waals surface area contributed by atoms with E-state index in [0.717, 1.165) is 11.0 Å². The fourth-order valence-electron chi connectivity index (χ4n) is 0.472. The van der Waals surface area contributed by atoms with Gasteiger partial charge >= 0.3 is 5.97 Å². The number of likely N-dealkylation sites (N-methyl/N-ethyl adjacent to an activating group) is 1. The van der Waals surface area contributed by atoms with Gasteiger partial charge in [-0.05, 0) is 0 Å². The zero-order chi connectivity index (χ0) is 8.91. The summed E-state index contributed by atoms with van der Waals surface area (Å²) >= 11 is 1.99. The molecule has 74 valence electrons. The lowest BCUT2D eigenvalue weighted by Gasteiger charge is -2.23. The molecule has 0 saturated carbocycles. The van der Waals surface area contributed by atoms with Gasteiger partial charge in [-0.25, -0.2) is 0 Å². The van der Waals surface area contributed by atoms with Crippen LogP contribution in [0.4, 0.5) is 0 Å². The fraction of sp³-hybridized carbons (Fsp3) is 0.857. The van der Waals surface area contributed by atoms with E-state index in [1.165, 1.54) is 0 Å². The first-order valence-electron chi connectivity index (χ1n) is 3.48. The van der Waals surface area contributed by atoms with Crippen LogP contribution in [0.1, 0.15) is 0 Å². The van der Waals surface area contributed by atoms with Crippen LogP contribution in [0.5, 0.6) is 0 Å². The van der Waals surface area contributed by atoms with E-state index in [-0.39, 0.29) is 23.0 Å².